The molecule has 174 valence electrons. The Morgan fingerprint density at radius 2 is 1.82 bits per heavy atom. The summed E-state index contributed by atoms with van der Waals surface area (Å²) in [5.41, 5.74) is 2.10. The number of nitrogens with zero attached hydrogens (tertiary/aromatic N) is 4. The van der Waals surface area contributed by atoms with Gasteiger partial charge in [0.2, 0.25) is 5.91 Å². The second-order valence-corrected chi connectivity index (χ2v) is 8.76. The molecule has 0 saturated heterocycles. The maximum Gasteiger partial charge on any atom is 0.358 e. The first kappa shape index (κ1) is 23.3. The molecule has 0 aliphatic heterocycles. The number of para-hydroxylation sites is 2. The van der Waals surface area contributed by atoms with E-state index in [2.05, 4.69) is 9.97 Å². The molecule has 34 heavy (non-hydrogen) atoms. The summed E-state index contributed by atoms with van der Waals surface area (Å²) in [6.45, 7) is 3.90. The highest BCUT2D eigenvalue weighted by atomic mass is 32.1. The lowest BCUT2D eigenvalue weighted by Gasteiger charge is -2.21. The van der Waals surface area contributed by atoms with Crippen molar-refractivity contribution in [3.63, 3.8) is 0 Å². The van der Waals surface area contributed by atoms with E-state index in [0.717, 1.165) is 5.56 Å². The van der Waals surface area contributed by atoms with Gasteiger partial charge in [0, 0.05) is 11.4 Å². The average Bonchev–Trinajstić information content (AvgIpc) is 3.23. The minimum atomic E-state index is -0.519. The van der Waals surface area contributed by atoms with E-state index in [0.29, 0.717) is 34.0 Å². The van der Waals surface area contributed by atoms with Crippen molar-refractivity contribution in [1.82, 2.24) is 14.5 Å². The number of carbonyl (C=O) groups excluding carboxylic acids is 2. The Morgan fingerprint density at radius 3 is 2.59 bits per heavy atom. The Hall–Kier alpha value is -3.85. The fourth-order valence-corrected chi connectivity index (χ4v) is 4.54. The number of anilines is 1. The number of amides is 1. The molecule has 0 N–H and O–H groups in total. The Kier molecular flexibility index (Phi) is 7.12. The molecule has 0 atom stereocenters. The summed E-state index contributed by atoms with van der Waals surface area (Å²) in [7, 11) is 0. The SMILES string of the molecule is CCOC(=O)c1nc(N(CCc2ccccc2)C(=O)Cn2c(=O)cnc3ccccc32)sc1C. The molecule has 4 aromatic rings. The third kappa shape index (κ3) is 5.04. The number of rotatable bonds is 8. The van der Waals surface area contributed by atoms with Crippen LogP contribution in [-0.4, -0.2) is 39.6 Å². The van der Waals surface area contributed by atoms with E-state index in [1.807, 2.05) is 36.4 Å². The molecule has 0 spiro atoms. The quantitative estimate of drug-likeness (QED) is 0.361. The summed E-state index contributed by atoms with van der Waals surface area (Å²) < 4.78 is 6.51. The van der Waals surface area contributed by atoms with E-state index >= 15 is 0 Å². The average molecular weight is 477 g/mol. The predicted octanol–water partition coefficient (Wildman–Crippen LogP) is 3.61. The molecule has 0 fully saturated rings. The molecule has 2 aromatic heterocycles. The third-order valence-electron chi connectivity index (χ3n) is 5.30. The van der Waals surface area contributed by atoms with Gasteiger partial charge in [-0.3, -0.25) is 19.1 Å². The third-order valence-corrected chi connectivity index (χ3v) is 6.29. The van der Waals surface area contributed by atoms with Crippen LogP contribution in [0.25, 0.3) is 11.0 Å². The van der Waals surface area contributed by atoms with Crippen molar-refractivity contribution in [3.05, 3.63) is 87.3 Å². The highest BCUT2D eigenvalue weighted by Gasteiger charge is 2.24. The zero-order valence-electron chi connectivity index (χ0n) is 18.9. The van der Waals surface area contributed by atoms with Gasteiger partial charge in [0.05, 0.1) is 23.8 Å². The standard InChI is InChI=1S/C25H24N4O4S/c1-3-33-24(32)23-17(2)34-25(27-23)28(14-13-18-9-5-4-6-10-18)22(31)16-29-20-12-8-7-11-19(20)26-15-21(29)30/h4-12,15H,3,13-14,16H2,1-2H3. The van der Waals surface area contributed by atoms with Crippen LogP contribution in [-0.2, 0) is 22.5 Å². The summed E-state index contributed by atoms with van der Waals surface area (Å²) in [5, 5.41) is 0.396. The Labute approximate surface area is 200 Å². The largest absolute Gasteiger partial charge is 0.461 e. The zero-order chi connectivity index (χ0) is 24.1. The lowest BCUT2D eigenvalue weighted by atomic mass is 10.1. The molecular formula is C25H24N4O4S. The van der Waals surface area contributed by atoms with Crippen molar-refractivity contribution in [2.45, 2.75) is 26.8 Å². The summed E-state index contributed by atoms with van der Waals surface area (Å²) in [4.78, 5) is 49.2. The molecule has 9 heteroatoms. The number of esters is 1. The number of aryl methyl sites for hydroxylation is 1. The van der Waals surface area contributed by atoms with Crippen LogP contribution >= 0.6 is 11.3 Å². The molecule has 2 heterocycles. The predicted molar refractivity (Wildman–Crippen MR) is 131 cm³/mol. The highest BCUT2D eigenvalue weighted by Crippen LogP contribution is 2.27. The minimum Gasteiger partial charge on any atom is -0.461 e. The van der Waals surface area contributed by atoms with E-state index in [1.165, 1.54) is 27.0 Å². The number of carbonyl (C=O) groups is 2. The van der Waals surface area contributed by atoms with Crippen LogP contribution in [0.1, 0.15) is 27.9 Å². The van der Waals surface area contributed by atoms with Gasteiger partial charge in [-0.25, -0.2) is 14.8 Å². The Bertz CT molecular complexity index is 1380. The number of benzene rings is 2. The van der Waals surface area contributed by atoms with Crippen molar-refractivity contribution >= 4 is 39.4 Å². The number of aromatic nitrogens is 3. The first-order valence-corrected chi connectivity index (χ1v) is 11.7. The van der Waals surface area contributed by atoms with Gasteiger partial charge in [-0.2, -0.15) is 0 Å². The number of thiazole rings is 1. The van der Waals surface area contributed by atoms with Crippen molar-refractivity contribution in [2.75, 3.05) is 18.1 Å². The smallest absolute Gasteiger partial charge is 0.358 e. The number of hydrogen-bond donors (Lipinski definition) is 0. The van der Waals surface area contributed by atoms with Crippen LogP contribution in [0.4, 0.5) is 5.13 Å². The minimum absolute atomic E-state index is 0.177. The lowest BCUT2D eigenvalue weighted by molar-refractivity contribution is -0.119. The first-order chi connectivity index (χ1) is 16.5. The number of hydrogen-bond acceptors (Lipinski definition) is 7. The molecule has 4 rings (SSSR count). The van der Waals surface area contributed by atoms with Gasteiger partial charge in [-0.1, -0.05) is 42.5 Å². The van der Waals surface area contributed by atoms with Gasteiger partial charge in [0.1, 0.15) is 6.54 Å². The van der Waals surface area contributed by atoms with E-state index < -0.39 is 5.97 Å². The van der Waals surface area contributed by atoms with Gasteiger partial charge in [-0.05, 0) is 38.0 Å². The van der Waals surface area contributed by atoms with Crippen LogP contribution in [0, 0.1) is 6.92 Å². The molecule has 1 amide bonds. The van der Waals surface area contributed by atoms with Crippen LogP contribution in [0.3, 0.4) is 0 Å². The van der Waals surface area contributed by atoms with Gasteiger partial charge < -0.3 is 4.74 Å². The van der Waals surface area contributed by atoms with Crippen LogP contribution in [0.2, 0.25) is 0 Å². The van der Waals surface area contributed by atoms with E-state index in [4.69, 9.17) is 4.74 Å². The van der Waals surface area contributed by atoms with Gasteiger partial charge in [-0.15, -0.1) is 11.3 Å². The first-order valence-electron chi connectivity index (χ1n) is 10.9. The zero-order valence-corrected chi connectivity index (χ0v) is 19.7. The van der Waals surface area contributed by atoms with Gasteiger partial charge in [0.25, 0.3) is 5.56 Å². The van der Waals surface area contributed by atoms with Crippen LogP contribution in [0.5, 0.6) is 0 Å². The number of ether oxygens (including phenoxy) is 1. The molecule has 0 bridgehead atoms. The summed E-state index contributed by atoms with van der Waals surface area (Å²) in [6.07, 6.45) is 1.81. The molecule has 0 saturated carbocycles. The Balaban J connectivity index is 1.68. The van der Waals surface area contributed by atoms with Crippen molar-refractivity contribution in [3.8, 4) is 0 Å². The Morgan fingerprint density at radius 1 is 1.09 bits per heavy atom. The molecule has 0 aliphatic rings. The van der Waals surface area contributed by atoms with Crippen LogP contribution in [0.15, 0.2) is 65.6 Å². The molecule has 2 aromatic carbocycles. The second-order valence-electron chi connectivity index (χ2n) is 7.57. The van der Waals surface area contributed by atoms with Crippen LogP contribution < -0.4 is 10.5 Å². The number of fused-ring (bicyclic) bond motifs is 1. The van der Waals surface area contributed by atoms with E-state index in [1.54, 1.807) is 32.0 Å². The molecule has 0 unspecified atom stereocenters. The fraction of sp³-hybridized carbons (Fsp3) is 0.240. The van der Waals surface area contributed by atoms with Gasteiger partial charge in [0.15, 0.2) is 10.8 Å². The molecule has 8 nitrogen and oxygen atoms in total. The molecule has 0 radical (unpaired) electrons. The monoisotopic (exact) mass is 476 g/mol. The molecule has 0 aliphatic carbocycles. The van der Waals surface area contributed by atoms with E-state index in [-0.39, 0.29) is 30.3 Å². The summed E-state index contributed by atoms with van der Waals surface area (Å²) >= 11 is 1.25. The van der Waals surface area contributed by atoms with Crippen molar-refractivity contribution in [2.24, 2.45) is 0 Å². The van der Waals surface area contributed by atoms with Crippen molar-refractivity contribution < 1.29 is 14.3 Å². The fourth-order valence-electron chi connectivity index (χ4n) is 3.60. The second kappa shape index (κ2) is 10.4. The lowest BCUT2D eigenvalue weighted by Crippen LogP contribution is -2.38. The highest BCUT2D eigenvalue weighted by molar-refractivity contribution is 7.16. The summed E-state index contributed by atoms with van der Waals surface area (Å²) in [6, 6.07) is 17.0. The topological polar surface area (TPSA) is 94.4 Å². The summed E-state index contributed by atoms with van der Waals surface area (Å²) in [5.74, 6) is -0.826. The molecular weight excluding hydrogens is 452 g/mol. The van der Waals surface area contributed by atoms with Gasteiger partial charge >= 0.3 is 5.97 Å². The van der Waals surface area contributed by atoms with E-state index in [9.17, 15) is 14.4 Å². The van der Waals surface area contributed by atoms with Crippen molar-refractivity contribution in [1.29, 1.82) is 0 Å². The maximum atomic E-state index is 13.5. The normalized spacial score (nSPS) is 10.9. The maximum absolute atomic E-state index is 13.5.